The zero-order valence-electron chi connectivity index (χ0n) is 12.0. The van der Waals surface area contributed by atoms with Crippen molar-refractivity contribution in [2.45, 2.75) is 26.7 Å². The number of nitrogens with zero attached hydrogens (tertiary/aromatic N) is 2. The van der Waals surface area contributed by atoms with Crippen LogP contribution in [0.5, 0.6) is 0 Å². The summed E-state index contributed by atoms with van der Waals surface area (Å²) in [6.45, 7) is 4.30. The van der Waals surface area contributed by atoms with Crippen molar-refractivity contribution in [1.29, 1.82) is 0 Å². The first-order chi connectivity index (χ1) is 9.97. The van der Waals surface area contributed by atoms with Gasteiger partial charge in [0, 0.05) is 18.2 Å². The van der Waals surface area contributed by atoms with E-state index in [0.29, 0.717) is 34.0 Å². The molecule has 21 heavy (non-hydrogen) atoms. The van der Waals surface area contributed by atoms with E-state index in [9.17, 15) is 0 Å². The van der Waals surface area contributed by atoms with Crippen LogP contribution in [0.25, 0.3) is 0 Å². The summed E-state index contributed by atoms with van der Waals surface area (Å²) >= 11 is 12.0. The highest BCUT2D eigenvalue weighted by molar-refractivity contribution is 6.42. The van der Waals surface area contributed by atoms with Crippen molar-refractivity contribution in [2.75, 3.05) is 5.43 Å². The lowest BCUT2D eigenvalue weighted by Gasteiger charge is -2.10. The quantitative estimate of drug-likeness (QED) is 0.647. The van der Waals surface area contributed by atoms with Gasteiger partial charge in [-0.3, -0.25) is 0 Å². The third-order valence-electron chi connectivity index (χ3n) is 2.94. The second kappa shape index (κ2) is 7.07. The number of nitrogen functional groups attached to an aromatic ring is 1. The number of hydrogen-bond donors (Lipinski definition) is 2. The van der Waals surface area contributed by atoms with Gasteiger partial charge in [-0.2, -0.15) is 0 Å². The lowest BCUT2D eigenvalue weighted by Crippen LogP contribution is -2.12. The molecule has 2 rings (SSSR count). The normalized spacial score (nSPS) is 11.0. The molecule has 0 aliphatic rings. The van der Waals surface area contributed by atoms with Crippen LogP contribution >= 0.6 is 23.2 Å². The molecule has 1 aromatic carbocycles. The zero-order valence-corrected chi connectivity index (χ0v) is 13.5. The Kier molecular flexibility index (Phi) is 5.39. The fraction of sp³-hybridized carbons (Fsp3) is 0.333. The van der Waals surface area contributed by atoms with Crippen molar-refractivity contribution in [2.24, 2.45) is 11.8 Å². The summed E-state index contributed by atoms with van der Waals surface area (Å²) in [5.74, 6) is 7.32. The van der Waals surface area contributed by atoms with E-state index in [1.54, 1.807) is 6.07 Å². The molecule has 4 nitrogen and oxygen atoms in total. The number of hydrogen-bond acceptors (Lipinski definition) is 4. The van der Waals surface area contributed by atoms with Gasteiger partial charge < -0.3 is 5.43 Å². The van der Waals surface area contributed by atoms with Crippen molar-refractivity contribution < 1.29 is 0 Å². The van der Waals surface area contributed by atoms with Gasteiger partial charge in [0.15, 0.2) is 0 Å². The van der Waals surface area contributed by atoms with E-state index < -0.39 is 0 Å². The van der Waals surface area contributed by atoms with Gasteiger partial charge in [0.25, 0.3) is 0 Å². The fourth-order valence-corrected chi connectivity index (χ4v) is 2.38. The topological polar surface area (TPSA) is 63.8 Å². The molecule has 0 spiro atoms. The van der Waals surface area contributed by atoms with E-state index in [0.717, 1.165) is 17.7 Å². The number of hydrazine groups is 1. The lowest BCUT2D eigenvalue weighted by molar-refractivity contribution is 0.631. The molecule has 1 heterocycles. The van der Waals surface area contributed by atoms with Crippen molar-refractivity contribution >= 4 is 29.0 Å². The molecule has 112 valence electrons. The third-order valence-corrected chi connectivity index (χ3v) is 3.68. The predicted octanol–water partition coefficient (Wildman–Crippen LogP) is 3.86. The summed E-state index contributed by atoms with van der Waals surface area (Å²) < 4.78 is 0. The van der Waals surface area contributed by atoms with Gasteiger partial charge in [0.1, 0.15) is 11.6 Å². The molecular weight excluding hydrogens is 307 g/mol. The Bertz CT molecular complexity index is 629. The van der Waals surface area contributed by atoms with Gasteiger partial charge in [-0.05, 0) is 30.0 Å². The SMILES string of the molecule is CC(C)Cc1cc(NN)nc(Cc2ccc(Cl)c(Cl)c2)n1. The average Bonchev–Trinajstić information content (AvgIpc) is 2.42. The summed E-state index contributed by atoms with van der Waals surface area (Å²) in [6, 6.07) is 7.40. The smallest absolute Gasteiger partial charge is 0.143 e. The van der Waals surface area contributed by atoms with Crippen LogP contribution in [0.1, 0.15) is 30.9 Å². The minimum absolute atomic E-state index is 0.517. The molecule has 3 N–H and O–H groups in total. The van der Waals surface area contributed by atoms with Crippen molar-refractivity contribution in [1.82, 2.24) is 9.97 Å². The fourth-order valence-electron chi connectivity index (χ4n) is 2.06. The van der Waals surface area contributed by atoms with E-state index in [1.165, 1.54) is 0 Å². The average molecular weight is 325 g/mol. The molecule has 0 bridgehead atoms. The minimum Gasteiger partial charge on any atom is -0.308 e. The number of nitrogens with one attached hydrogen (secondary N) is 1. The van der Waals surface area contributed by atoms with Crippen LogP contribution in [0.4, 0.5) is 5.82 Å². The monoisotopic (exact) mass is 324 g/mol. The summed E-state index contributed by atoms with van der Waals surface area (Å²) in [7, 11) is 0. The number of benzene rings is 1. The number of rotatable bonds is 5. The van der Waals surface area contributed by atoms with Gasteiger partial charge in [-0.25, -0.2) is 15.8 Å². The van der Waals surface area contributed by atoms with Crippen molar-refractivity contribution in [3.05, 3.63) is 51.4 Å². The van der Waals surface area contributed by atoms with Crippen LogP contribution in [-0.4, -0.2) is 9.97 Å². The Hall–Kier alpha value is -1.36. The van der Waals surface area contributed by atoms with Gasteiger partial charge >= 0.3 is 0 Å². The van der Waals surface area contributed by atoms with E-state index in [2.05, 4.69) is 29.2 Å². The molecule has 0 atom stereocenters. The summed E-state index contributed by atoms with van der Waals surface area (Å²) in [6.07, 6.45) is 1.46. The molecular formula is C15H18Cl2N4. The molecule has 0 aliphatic heterocycles. The Morgan fingerprint density at radius 1 is 1.14 bits per heavy atom. The van der Waals surface area contributed by atoms with E-state index in [-0.39, 0.29) is 0 Å². The van der Waals surface area contributed by atoms with Gasteiger partial charge in [-0.1, -0.05) is 43.1 Å². The second-order valence-corrected chi connectivity index (χ2v) is 6.14. The molecule has 0 amide bonds. The molecule has 0 saturated carbocycles. The highest BCUT2D eigenvalue weighted by Gasteiger charge is 2.08. The molecule has 0 saturated heterocycles. The van der Waals surface area contributed by atoms with Gasteiger partial charge in [-0.15, -0.1) is 0 Å². The summed E-state index contributed by atoms with van der Waals surface area (Å²) in [5.41, 5.74) is 4.57. The van der Waals surface area contributed by atoms with E-state index >= 15 is 0 Å². The Morgan fingerprint density at radius 3 is 2.52 bits per heavy atom. The molecule has 0 unspecified atom stereocenters. The maximum atomic E-state index is 6.03. The minimum atomic E-state index is 0.517. The van der Waals surface area contributed by atoms with Gasteiger partial charge in [0.2, 0.25) is 0 Å². The van der Waals surface area contributed by atoms with Crippen LogP contribution < -0.4 is 11.3 Å². The first-order valence-electron chi connectivity index (χ1n) is 6.75. The first-order valence-corrected chi connectivity index (χ1v) is 7.51. The molecule has 6 heteroatoms. The van der Waals surface area contributed by atoms with Crippen molar-refractivity contribution in [3.63, 3.8) is 0 Å². The Balaban J connectivity index is 2.27. The first kappa shape index (κ1) is 16.0. The van der Waals surface area contributed by atoms with Crippen LogP contribution in [0.2, 0.25) is 10.0 Å². The van der Waals surface area contributed by atoms with Crippen LogP contribution in [-0.2, 0) is 12.8 Å². The number of anilines is 1. The van der Waals surface area contributed by atoms with E-state index in [1.807, 2.05) is 18.2 Å². The van der Waals surface area contributed by atoms with Crippen molar-refractivity contribution in [3.8, 4) is 0 Å². The van der Waals surface area contributed by atoms with Gasteiger partial charge in [0.05, 0.1) is 10.0 Å². The number of halogens is 2. The molecule has 0 radical (unpaired) electrons. The van der Waals surface area contributed by atoms with Crippen LogP contribution in [0, 0.1) is 5.92 Å². The summed E-state index contributed by atoms with van der Waals surface area (Å²) in [5, 5.41) is 1.07. The Labute approximate surface area is 134 Å². The molecule has 2 aromatic rings. The maximum Gasteiger partial charge on any atom is 0.143 e. The maximum absolute atomic E-state index is 6.03. The lowest BCUT2D eigenvalue weighted by atomic mass is 10.1. The highest BCUT2D eigenvalue weighted by Crippen LogP contribution is 2.23. The standard InChI is InChI=1S/C15H18Cl2N4/c1-9(2)5-11-8-15(21-18)20-14(19-11)7-10-3-4-12(16)13(17)6-10/h3-4,6,8-9H,5,7,18H2,1-2H3,(H,19,20,21). The van der Waals surface area contributed by atoms with Crippen LogP contribution in [0.15, 0.2) is 24.3 Å². The summed E-state index contributed by atoms with van der Waals surface area (Å²) in [4.78, 5) is 8.97. The zero-order chi connectivity index (χ0) is 15.4. The largest absolute Gasteiger partial charge is 0.308 e. The Morgan fingerprint density at radius 2 is 1.90 bits per heavy atom. The molecule has 1 aromatic heterocycles. The number of nitrogens with two attached hydrogens (primary N) is 1. The highest BCUT2D eigenvalue weighted by atomic mass is 35.5. The third kappa shape index (κ3) is 4.56. The molecule has 0 aliphatic carbocycles. The second-order valence-electron chi connectivity index (χ2n) is 5.33. The van der Waals surface area contributed by atoms with E-state index in [4.69, 9.17) is 29.0 Å². The number of aromatic nitrogens is 2. The van der Waals surface area contributed by atoms with Crippen LogP contribution in [0.3, 0.4) is 0 Å². The predicted molar refractivity (Wildman–Crippen MR) is 87.7 cm³/mol. The molecule has 0 fully saturated rings.